The van der Waals surface area contributed by atoms with E-state index in [1.54, 1.807) is 0 Å². The Kier molecular flexibility index (Phi) is 5.52. The fourth-order valence-electron chi connectivity index (χ4n) is 2.41. The molecule has 2 aromatic carbocycles. The average molecular weight is 310 g/mol. The lowest BCUT2D eigenvalue weighted by Gasteiger charge is -2.06. The third kappa shape index (κ3) is 5.25. The number of carbonyl (C=O) groups excluding carboxylic acids is 1. The molecule has 2 rings (SSSR count). The topological polar surface area (TPSA) is 50.7 Å². The second kappa shape index (κ2) is 7.58. The lowest BCUT2D eigenvalue weighted by Crippen LogP contribution is -2.06. The molecule has 0 radical (unpaired) electrons. The molecule has 0 atom stereocenters. The number of nitrogens with one attached hydrogen (secondary N) is 1. The third-order valence-electron chi connectivity index (χ3n) is 3.34. The van der Waals surface area contributed by atoms with Crippen molar-refractivity contribution in [3.05, 3.63) is 64.7 Å². The van der Waals surface area contributed by atoms with Gasteiger partial charge in [0.25, 0.3) is 0 Å². The predicted molar refractivity (Wildman–Crippen MR) is 93.7 cm³/mol. The van der Waals surface area contributed by atoms with E-state index >= 15 is 0 Å². The van der Waals surface area contributed by atoms with Crippen molar-refractivity contribution in [3.63, 3.8) is 0 Å². The first-order valence-electron chi connectivity index (χ1n) is 7.56. The summed E-state index contributed by atoms with van der Waals surface area (Å²) in [6, 6.07) is 13.8. The van der Waals surface area contributed by atoms with Crippen LogP contribution in [0, 0.1) is 13.8 Å². The van der Waals surface area contributed by atoms with Crippen LogP contribution >= 0.6 is 0 Å². The van der Waals surface area contributed by atoms with Gasteiger partial charge in [0.2, 0.25) is 5.91 Å². The number of amides is 1. The highest BCUT2D eigenvalue weighted by molar-refractivity contribution is 5.99. The van der Waals surface area contributed by atoms with Crippen molar-refractivity contribution in [1.82, 2.24) is 0 Å². The van der Waals surface area contributed by atoms with E-state index in [1.807, 2.05) is 31.2 Å². The van der Waals surface area contributed by atoms with Gasteiger partial charge in [-0.3, -0.25) is 4.79 Å². The fourth-order valence-corrected chi connectivity index (χ4v) is 2.41. The smallest absolute Gasteiger partial charge is 0.221 e. The van der Waals surface area contributed by atoms with Crippen molar-refractivity contribution >= 4 is 17.3 Å². The summed E-state index contributed by atoms with van der Waals surface area (Å²) >= 11 is 0. The molecule has 0 bridgehead atoms. The molecule has 0 aliphatic carbocycles. The van der Waals surface area contributed by atoms with Crippen LogP contribution < -0.4 is 5.32 Å². The highest BCUT2D eigenvalue weighted by atomic mass is 16.6. The van der Waals surface area contributed by atoms with Gasteiger partial charge in [0.1, 0.15) is 6.61 Å². The second-order valence-corrected chi connectivity index (χ2v) is 5.70. The largest absolute Gasteiger partial charge is 0.391 e. The van der Waals surface area contributed by atoms with Crippen LogP contribution in [0.15, 0.2) is 47.6 Å². The Morgan fingerprint density at radius 3 is 2.22 bits per heavy atom. The minimum absolute atomic E-state index is 0.0834. The highest BCUT2D eigenvalue weighted by Gasteiger charge is 2.01. The van der Waals surface area contributed by atoms with E-state index in [9.17, 15) is 4.79 Å². The van der Waals surface area contributed by atoms with Crippen LogP contribution in [0.2, 0.25) is 0 Å². The van der Waals surface area contributed by atoms with Gasteiger partial charge in [0.15, 0.2) is 0 Å². The van der Waals surface area contributed by atoms with Crippen LogP contribution in [0.25, 0.3) is 0 Å². The molecule has 0 spiro atoms. The van der Waals surface area contributed by atoms with Crippen LogP contribution in [0.5, 0.6) is 0 Å². The molecule has 0 saturated heterocycles. The van der Waals surface area contributed by atoms with Crippen molar-refractivity contribution in [2.45, 2.75) is 34.3 Å². The zero-order valence-electron chi connectivity index (χ0n) is 14.0. The highest BCUT2D eigenvalue weighted by Crippen LogP contribution is 2.12. The first-order chi connectivity index (χ1) is 10.9. The third-order valence-corrected chi connectivity index (χ3v) is 3.34. The summed E-state index contributed by atoms with van der Waals surface area (Å²) < 4.78 is 0. The van der Waals surface area contributed by atoms with E-state index in [0.717, 1.165) is 22.5 Å². The molecule has 0 aromatic heterocycles. The zero-order chi connectivity index (χ0) is 16.8. The van der Waals surface area contributed by atoms with Crippen LogP contribution in [-0.4, -0.2) is 11.6 Å². The zero-order valence-corrected chi connectivity index (χ0v) is 14.0. The van der Waals surface area contributed by atoms with Gasteiger partial charge in [-0.05, 0) is 44.0 Å². The van der Waals surface area contributed by atoms with Crippen molar-refractivity contribution in [2.24, 2.45) is 5.16 Å². The van der Waals surface area contributed by atoms with E-state index in [2.05, 4.69) is 42.5 Å². The SMILES string of the molecule is CC(=O)Nc1ccc(/C(C)=N/OCc2cc(C)cc(C)c2)cc1. The van der Waals surface area contributed by atoms with Crippen molar-refractivity contribution < 1.29 is 9.63 Å². The Morgan fingerprint density at radius 1 is 1.04 bits per heavy atom. The van der Waals surface area contributed by atoms with Crippen molar-refractivity contribution in [2.75, 3.05) is 5.32 Å². The Balaban J connectivity index is 1.98. The van der Waals surface area contributed by atoms with Gasteiger partial charge in [-0.15, -0.1) is 0 Å². The van der Waals surface area contributed by atoms with Crippen LogP contribution in [-0.2, 0) is 16.2 Å². The summed E-state index contributed by atoms with van der Waals surface area (Å²) in [5.41, 5.74) is 6.07. The molecule has 1 amide bonds. The quantitative estimate of drug-likeness (QED) is 0.664. The maximum Gasteiger partial charge on any atom is 0.221 e. The Hall–Kier alpha value is -2.62. The molecule has 0 unspecified atom stereocenters. The minimum Gasteiger partial charge on any atom is -0.391 e. The molecule has 0 aliphatic heterocycles. The standard InChI is InChI=1S/C19H22N2O2/c1-13-9-14(2)11-17(10-13)12-23-21-15(3)18-5-7-19(8-6-18)20-16(4)22/h5-11H,12H2,1-4H3,(H,20,22)/b21-15+. The van der Waals surface area contributed by atoms with Gasteiger partial charge >= 0.3 is 0 Å². The molecular formula is C19H22N2O2. The van der Waals surface area contributed by atoms with Gasteiger partial charge in [-0.2, -0.15) is 0 Å². The number of hydrogen-bond acceptors (Lipinski definition) is 3. The predicted octanol–water partition coefficient (Wildman–Crippen LogP) is 4.20. The number of benzene rings is 2. The molecular weight excluding hydrogens is 288 g/mol. The van der Waals surface area contributed by atoms with Crippen LogP contribution in [0.1, 0.15) is 36.1 Å². The molecule has 2 aromatic rings. The molecule has 120 valence electrons. The summed E-state index contributed by atoms with van der Waals surface area (Å²) in [7, 11) is 0. The van der Waals surface area contributed by atoms with Gasteiger partial charge in [0.05, 0.1) is 5.71 Å². The Morgan fingerprint density at radius 2 is 1.65 bits per heavy atom. The molecule has 23 heavy (non-hydrogen) atoms. The number of rotatable bonds is 5. The number of anilines is 1. The fraction of sp³-hybridized carbons (Fsp3) is 0.263. The summed E-state index contributed by atoms with van der Waals surface area (Å²) in [4.78, 5) is 16.5. The number of aryl methyl sites for hydroxylation is 2. The van der Waals surface area contributed by atoms with Gasteiger partial charge in [-0.25, -0.2) is 0 Å². The molecule has 4 heteroatoms. The minimum atomic E-state index is -0.0834. The van der Waals surface area contributed by atoms with Gasteiger partial charge in [-0.1, -0.05) is 46.6 Å². The molecule has 1 N–H and O–H groups in total. The number of nitrogens with zero attached hydrogens (tertiary/aromatic N) is 1. The Bertz CT molecular complexity index is 698. The van der Waals surface area contributed by atoms with Crippen molar-refractivity contribution in [1.29, 1.82) is 0 Å². The number of carbonyl (C=O) groups is 1. The number of hydrogen-bond donors (Lipinski definition) is 1. The normalized spacial score (nSPS) is 11.2. The average Bonchev–Trinajstić information content (AvgIpc) is 2.46. The van der Waals surface area contributed by atoms with Crippen LogP contribution in [0.4, 0.5) is 5.69 Å². The molecule has 0 fully saturated rings. The van der Waals surface area contributed by atoms with Crippen LogP contribution in [0.3, 0.4) is 0 Å². The molecule has 0 heterocycles. The van der Waals surface area contributed by atoms with E-state index in [1.165, 1.54) is 18.1 Å². The van der Waals surface area contributed by atoms with E-state index in [0.29, 0.717) is 6.61 Å². The summed E-state index contributed by atoms with van der Waals surface area (Å²) in [6.07, 6.45) is 0. The molecule has 0 aliphatic rings. The van der Waals surface area contributed by atoms with E-state index in [-0.39, 0.29) is 5.91 Å². The first kappa shape index (κ1) is 16.7. The van der Waals surface area contributed by atoms with Gasteiger partial charge in [0, 0.05) is 12.6 Å². The Labute approximate surface area is 137 Å². The lowest BCUT2D eigenvalue weighted by atomic mass is 10.1. The maximum atomic E-state index is 11.0. The van der Waals surface area contributed by atoms with E-state index in [4.69, 9.17) is 4.84 Å². The maximum absolute atomic E-state index is 11.0. The van der Waals surface area contributed by atoms with Crippen molar-refractivity contribution in [3.8, 4) is 0 Å². The molecule has 4 nitrogen and oxygen atoms in total. The molecule has 0 saturated carbocycles. The first-order valence-corrected chi connectivity index (χ1v) is 7.56. The lowest BCUT2D eigenvalue weighted by molar-refractivity contribution is -0.114. The van der Waals surface area contributed by atoms with E-state index < -0.39 is 0 Å². The summed E-state index contributed by atoms with van der Waals surface area (Å²) in [6.45, 7) is 7.98. The second-order valence-electron chi connectivity index (χ2n) is 5.70. The summed E-state index contributed by atoms with van der Waals surface area (Å²) in [5, 5.41) is 6.91. The number of oxime groups is 1. The monoisotopic (exact) mass is 310 g/mol. The summed E-state index contributed by atoms with van der Waals surface area (Å²) in [5.74, 6) is -0.0834. The van der Waals surface area contributed by atoms with Gasteiger partial charge < -0.3 is 10.2 Å².